The zero-order chi connectivity index (χ0) is 15.1. The smallest absolute Gasteiger partial charge is 0.219 e. The molecule has 2 aliphatic carbocycles. The molecule has 0 bridgehead atoms. The average molecular weight is 319 g/mol. The van der Waals surface area contributed by atoms with Crippen molar-refractivity contribution in [3.05, 3.63) is 16.1 Å². The Bertz CT molecular complexity index is 550. The van der Waals surface area contributed by atoms with Gasteiger partial charge in [0.05, 0.1) is 5.01 Å². The largest absolute Gasteiger partial charge is 0.338 e. The maximum atomic E-state index is 11.9. The summed E-state index contributed by atoms with van der Waals surface area (Å²) in [6.07, 6.45) is 9.62. The van der Waals surface area contributed by atoms with Crippen LogP contribution >= 0.6 is 11.3 Å². The van der Waals surface area contributed by atoms with Crippen molar-refractivity contribution < 1.29 is 4.79 Å². The van der Waals surface area contributed by atoms with E-state index in [9.17, 15) is 4.79 Å². The van der Waals surface area contributed by atoms with Gasteiger partial charge in [0.2, 0.25) is 5.91 Å². The number of carbonyl (C=O) groups is 1. The van der Waals surface area contributed by atoms with Crippen molar-refractivity contribution in [3.63, 3.8) is 0 Å². The summed E-state index contributed by atoms with van der Waals surface area (Å²) in [6, 6.07) is 1.07. The fourth-order valence-corrected chi connectivity index (χ4v) is 4.69. The fraction of sp³-hybridized carbons (Fsp3) is 0.765. The van der Waals surface area contributed by atoms with E-state index in [0.29, 0.717) is 12.1 Å². The summed E-state index contributed by atoms with van der Waals surface area (Å²) in [5.74, 6) is 1.01. The van der Waals surface area contributed by atoms with Crippen molar-refractivity contribution in [1.29, 1.82) is 0 Å². The summed E-state index contributed by atoms with van der Waals surface area (Å²) in [5, 5.41) is 1.34. The first-order valence-corrected chi connectivity index (χ1v) is 9.48. The molecule has 5 heteroatoms. The van der Waals surface area contributed by atoms with Crippen molar-refractivity contribution in [3.8, 4) is 0 Å². The van der Waals surface area contributed by atoms with Crippen LogP contribution in [0.5, 0.6) is 0 Å². The molecule has 0 N–H and O–H groups in total. The maximum absolute atomic E-state index is 11.9. The molecular formula is C17H25N3OS. The van der Waals surface area contributed by atoms with Crippen molar-refractivity contribution in [2.75, 3.05) is 13.1 Å². The molecule has 2 saturated carbocycles. The Labute approximate surface area is 136 Å². The van der Waals surface area contributed by atoms with E-state index >= 15 is 0 Å². The standard InChI is InChI=1S/C17H25N3OS/c1-12(21)20(14-6-7-14)10-15-3-2-8-19(15)11-16-9-18-17(22-16)13-4-5-13/h9,13-15H,2-8,10-11H2,1H3/t15-/m0/s1. The van der Waals surface area contributed by atoms with Gasteiger partial charge in [0, 0.05) is 49.1 Å². The lowest BCUT2D eigenvalue weighted by atomic mass is 10.2. The molecule has 0 radical (unpaired) electrons. The number of aromatic nitrogens is 1. The normalized spacial score (nSPS) is 25.6. The van der Waals surface area contributed by atoms with Gasteiger partial charge in [-0.1, -0.05) is 0 Å². The van der Waals surface area contributed by atoms with E-state index in [1.54, 1.807) is 6.92 Å². The topological polar surface area (TPSA) is 36.4 Å². The van der Waals surface area contributed by atoms with Crippen LogP contribution in [0.15, 0.2) is 6.20 Å². The predicted molar refractivity (Wildman–Crippen MR) is 87.9 cm³/mol. The molecule has 120 valence electrons. The zero-order valence-corrected chi connectivity index (χ0v) is 14.1. The number of carbonyl (C=O) groups excluding carboxylic acids is 1. The first-order chi connectivity index (χ1) is 10.7. The van der Waals surface area contributed by atoms with Crippen molar-refractivity contribution in [2.45, 2.75) is 70.0 Å². The number of rotatable bonds is 6. The minimum Gasteiger partial charge on any atom is -0.338 e. The van der Waals surface area contributed by atoms with Crippen LogP contribution in [0, 0.1) is 0 Å². The monoisotopic (exact) mass is 319 g/mol. The lowest BCUT2D eigenvalue weighted by molar-refractivity contribution is -0.130. The second kappa shape index (κ2) is 5.93. The highest BCUT2D eigenvalue weighted by atomic mass is 32.1. The van der Waals surface area contributed by atoms with Gasteiger partial charge >= 0.3 is 0 Å². The second-order valence-corrected chi connectivity index (χ2v) is 8.25. The molecule has 0 unspecified atom stereocenters. The quantitative estimate of drug-likeness (QED) is 0.809. The molecule has 1 saturated heterocycles. The first-order valence-electron chi connectivity index (χ1n) is 8.66. The molecule has 1 amide bonds. The average Bonchev–Trinajstić information content (AvgIpc) is 3.42. The molecule has 1 aromatic heterocycles. The summed E-state index contributed by atoms with van der Waals surface area (Å²) < 4.78 is 0. The molecule has 1 aliphatic heterocycles. The Kier molecular flexibility index (Phi) is 3.95. The fourth-order valence-electron chi connectivity index (χ4n) is 3.57. The third-order valence-electron chi connectivity index (χ3n) is 5.16. The molecule has 0 aromatic carbocycles. The molecule has 22 heavy (non-hydrogen) atoms. The number of likely N-dealkylation sites (tertiary alicyclic amines) is 1. The number of nitrogens with zero attached hydrogens (tertiary/aromatic N) is 3. The van der Waals surface area contributed by atoms with Gasteiger partial charge in [0.15, 0.2) is 0 Å². The van der Waals surface area contributed by atoms with E-state index in [0.717, 1.165) is 25.6 Å². The van der Waals surface area contributed by atoms with Gasteiger partial charge in [-0.05, 0) is 45.1 Å². The number of thiazole rings is 1. The van der Waals surface area contributed by atoms with E-state index in [-0.39, 0.29) is 5.91 Å². The van der Waals surface area contributed by atoms with E-state index in [1.807, 2.05) is 11.3 Å². The SMILES string of the molecule is CC(=O)N(C[C@@H]1CCCN1Cc1cnc(C2CC2)s1)C1CC1. The number of amides is 1. The van der Waals surface area contributed by atoms with Gasteiger partial charge in [-0.3, -0.25) is 9.69 Å². The molecule has 4 rings (SSSR count). The number of hydrogen-bond donors (Lipinski definition) is 0. The van der Waals surface area contributed by atoms with Crippen LogP contribution in [0.2, 0.25) is 0 Å². The highest BCUT2D eigenvalue weighted by Gasteiger charge is 2.35. The van der Waals surface area contributed by atoms with Gasteiger partial charge in [-0.25, -0.2) is 4.98 Å². The molecule has 3 aliphatic rings. The van der Waals surface area contributed by atoms with E-state index < -0.39 is 0 Å². The summed E-state index contributed by atoms with van der Waals surface area (Å²) in [7, 11) is 0. The Morgan fingerprint density at radius 3 is 2.86 bits per heavy atom. The first kappa shape index (κ1) is 14.6. The molecule has 1 aromatic rings. The van der Waals surface area contributed by atoms with Gasteiger partial charge in [0.25, 0.3) is 0 Å². The Balaban J connectivity index is 1.38. The maximum Gasteiger partial charge on any atom is 0.219 e. The molecule has 3 fully saturated rings. The minimum atomic E-state index is 0.253. The predicted octanol–water partition coefficient (Wildman–Crippen LogP) is 3.00. The van der Waals surface area contributed by atoms with Crippen LogP contribution in [-0.4, -0.2) is 45.9 Å². The van der Waals surface area contributed by atoms with Crippen LogP contribution in [0.3, 0.4) is 0 Å². The Morgan fingerprint density at radius 1 is 1.36 bits per heavy atom. The van der Waals surface area contributed by atoms with Crippen molar-refractivity contribution in [2.24, 2.45) is 0 Å². The van der Waals surface area contributed by atoms with Crippen LogP contribution in [-0.2, 0) is 11.3 Å². The summed E-state index contributed by atoms with van der Waals surface area (Å²) in [5.41, 5.74) is 0. The van der Waals surface area contributed by atoms with Gasteiger partial charge in [-0.15, -0.1) is 11.3 Å². The van der Waals surface area contributed by atoms with E-state index in [1.165, 1.54) is 48.4 Å². The van der Waals surface area contributed by atoms with Gasteiger partial charge in [0.1, 0.15) is 0 Å². The minimum absolute atomic E-state index is 0.253. The molecule has 0 spiro atoms. The lowest BCUT2D eigenvalue weighted by Crippen LogP contribution is -2.43. The molecule has 1 atom stereocenters. The van der Waals surface area contributed by atoms with Crippen LogP contribution in [0.4, 0.5) is 0 Å². The Morgan fingerprint density at radius 2 is 2.18 bits per heavy atom. The Hall–Kier alpha value is -0.940. The highest BCUT2D eigenvalue weighted by molar-refractivity contribution is 7.11. The van der Waals surface area contributed by atoms with Gasteiger partial charge in [-0.2, -0.15) is 0 Å². The van der Waals surface area contributed by atoms with Crippen molar-refractivity contribution in [1.82, 2.24) is 14.8 Å². The summed E-state index contributed by atoms with van der Waals surface area (Å²) in [4.78, 5) is 22.5. The summed E-state index contributed by atoms with van der Waals surface area (Å²) >= 11 is 1.90. The third kappa shape index (κ3) is 3.20. The molecular weight excluding hydrogens is 294 g/mol. The summed E-state index contributed by atoms with van der Waals surface area (Å²) in [6.45, 7) is 4.83. The number of hydrogen-bond acceptors (Lipinski definition) is 4. The zero-order valence-electron chi connectivity index (χ0n) is 13.3. The third-order valence-corrected chi connectivity index (χ3v) is 6.30. The van der Waals surface area contributed by atoms with E-state index in [2.05, 4.69) is 21.0 Å². The van der Waals surface area contributed by atoms with Crippen LogP contribution < -0.4 is 0 Å². The second-order valence-electron chi connectivity index (χ2n) is 7.11. The van der Waals surface area contributed by atoms with Gasteiger partial charge < -0.3 is 4.90 Å². The lowest BCUT2D eigenvalue weighted by Gasteiger charge is -2.30. The van der Waals surface area contributed by atoms with Crippen LogP contribution in [0.1, 0.15) is 61.3 Å². The van der Waals surface area contributed by atoms with Crippen molar-refractivity contribution >= 4 is 17.2 Å². The molecule has 4 nitrogen and oxygen atoms in total. The van der Waals surface area contributed by atoms with Crippen LogP contribution in [0.25, 0.3) is 0 Å². The van der Waals surface area contributed by atoms with E-state index in [4.69, 9.17) is 0 Å². The highest BCUT2D eigenvalue weighted by Crippen LogP contribution is 2.42. The molecule has 2 heterocycles.